The molecular weight excluding hydrogens is 220 g/mol. The van der Waals surface area contributed by atoms with Gasteiger partial charge in [-0.15, -0.1) is 0 Å². The minimum Gasteiger partial charge on any atom is -0.271 e. The Morgan fingerprint density at radius 3 is 2.28 bits per heavy atom. The second-order valence-corrected chi connectivity index (χ2v) is 5.46. The van der Waals surface area contributed by atoms with Crippen LogP contribution in [0, 0.1) is 0 Å². The fourth-order valence-corrected chi connectivity index (χ4v) is 2.21. The van der Waals surface area contributed by atoms with Crippen LogP contribution in [0.3, 0.4) is 0 Å². The van der Waals surface area contributed by atoms with Crippen LogP contribution < -0.4 is 11.3 Å². The highest BCUT2D eigenvalue weighted by atomic mass is 15.2. The quantitative estimate of drug-likeness (QED) is 0.417. The van der Waals surface area contributed by atoms with E-state index in [2.05, 4.69) is 50.5 Å². The average Bonchev–Trinajstić information content (AvgIpc) is 2.38. The molecule has 0 fully saturated rings. The average molecular weight is 248 g/mol. The number of hydrogen-bond donors (Lipinski definition) is 2. The molecule has 1 atom stereocenters. The van der Waals surface area contributed by atoms with Gasteiger partial charge in [0.2, 0.25) is 0 Å². The van der Waals surface area contributed by atoms with Gasteiger partial charge >= 0.3 is 0 Å². The van der Waals surface area contributed by atoms with E-state index >= 15 is 0 Å². The molecule has 0 aromatic heterocycles. The lowest BCUT2D eigenvalue weighted by Crippen LogP contribution is -2.36. The SMILES string of the molecule is CCCCCC(Cc1ccc(C(C)C)cc1)NN. The first-order valence-electron chi connectivity index (χ1n) is 7.22. The Bertz CT molecular complexity index is 316. The zero-order valence-corrected chi connectivity index (χ0v) is 12.1. The van der Waals surface area contributed by atoms with Crippen molar-refractivity contribution in [3.63, 3.8) is 0 Å². The van der Waals surface area contributed by atoms with Crippen molar-refractivity contribution >= 4 is 0 Å². The van der Waals surface area contributed by atoms with Crippen molar-refractivity contribution in [1.29, 1.82) is 0 Å². The molecule has 0 aliphatic carbocycles. The zero-order chi connectivity index (χ0) is 13.4. The molecular formula is C16H28N2. The Kier molecular flexibility index (Phi) is 6.99. The van der Waals surface area contributed by atoms with Crippen molar-refractivity contribution in [3.05, 3.63) is 35.4 Å². The third-order valence-corrected chi connectivity index (χ3v) is 3.52. The maximum Gasteiger partial charge on any atom is 0.0250 e. The molecule has 0 radical (unpaired) electrons. The van der Waals surface area contributed by atoms with E-state index in [4.69, 9.17) is 5.84 Å². The van der Waals surface area contributed by atoms with E-state index < -0.39 is 0 Å². The van der Waals surface area contributed by atoms with Gasteiger partial charge in [0.1, 0.15) is 0 Å². The molecule has 0 saturated carbocycles. The zero-order valence-electron chi connectivity index (χ0n) is 12.1. The summed E-state index contributed by atoms with van der Waals surface area (Å²) in [5, 5.41) is 0. The fraction of sp³-hybridized carbons (Fsp3) is 0.625. The molecule has 18 heavy (non-hydrogen) atoms. The fourth-order valence-electron chi connectivity index (χ4n) is 2.21. The van der Waals surface area contributed by atoms with E-state index in [1.165, 1.54) is 30.4 Å². The van der Waals surface area contributed by atoms with E-state index in [0.29, 0.717) is 12.0 Å². The number of hydrogen-bond acceptors (Lipinski definition) is 2. The largest absolute Gasteiger partial charge is 0.271 e. The van der Waals surface area contributed by atoms with Crippen LogP contribution in [-0.2, 0) is 6.42 Å². The first-order chi connectivity index (χ1) is 8.67. The van der Waals surface area contributed by atoms with Gasteiger partial charge in [0.05, 0.1) is 0 Å². The third-order valence-electron chi connectivity index (χ3n) is 3.52. The van der Waals surface area contributed by atoms with Crippen molar-refractivity contribution in [2.24, 2.45) is 5.84 Å². The van der Waals surface area contributed by atoms with Gasteiger partial charge < -0.3 is 0 Å². The highest BCUT2D eigenvalue weighted by molar-refractivity contribution is 5.25. The van der Waals surface area contributed by atoms with Crippen molar-refractivity contribution in [2.45, 2.75) is 64.8 Å². The molecule has 1 rings (SSSR count). The Labute approximate surface area is 112 Å². The van der Waals surface area contributed by atoms with Crippen molar-refractivity contribution in [3.8, 4) is 0 Å². The highest BCUT2D eigenvalue weighted by Gasteiger charge is 2.07. The lowest BCUT2D eigenvalue weighted by atomic mass is 9.97. The van der Waals surface area contributed by atoms with Gasteiger partial charge in [-0.05, 0) is 29.9 Å². The van der Waals surface area contributed by atoms with Gasteiger partial charge in [0.15, 0.2) is 0 Å². The van der Waals surface area contributed by atoms with E-state index in [0.717, 1.165) is 12.8 Å². The lowest BCUT2D eigenvalue weighted by Gasteiger charge is -2.16. The first-order valence-corrected chi connectivity index (χ1v) is 7.22. The number of nitrogens with one attached hydrogen (secondary N) is 1. The summed E-state index contributed by atoms with van der Waals surface area (Å²) in [6.45, 7) is 6.68. The Hall–Kier alpha value is -0.860. The number of unbranched alkanes of at least 4 members (excludes halogenated alkanes) is 2. The summed E-state index contributed by atoms with van der Waals surface area (Å²) in [4.78, 5) is 0. The van der Waals surface area contributed by atoms with Crippen LogP contribution in [0.4, 0.5) is 0 Å². The standard InChI is InChI=1S/C16H28N2/c1-4-5-6-7-16(18-17)12-14-8-10-15(11-9-14)13(2)3/h8-11,13,16,18H,4-7,12,17H2,1-3H3. The lowest BCUT2D eigenvalue weighted by molar-refractivity contribution is 0.467. The Balaban J connectivity index is 2.48. The van der Waals surface area contributed by atoms with E-state index in [1.54, 1.807) is 0 Å². The summed E-state index contributed by atoms with van der Waals surface area (Å²) >= 11 is 0. The van der Waals surface area contributed by atoms with Gasteiger partial charge in [-0.25, -0.2) is 0 Å². The molecule has 0 aliphatic heterocycles. The van der Waals surface area contributed by atoms with Crippen LogP contribution in [0.2, 0.25) is 0 Å². The second kappa shape index (κ2) is 8.28. The predicted molar refractivity (Wildman–Crippen MR) is 79.5 cm³/mol. The van der Waals surface area contributed by atoms with Gasteiger partial charge in [0, 0.05) is 6.04 Å². The van der Waals surface area contributed by atoms with Crippen molar-refractivity contribution in [2.75, 3.05) is 0 Å². The molecule has 0 bridgehead atoms. The molecule has 2 nitrogen and oxygen atoms in total. The topological polar surface area (TPSA) is 38.0 Å². The summed E-state index contributed by atoms with van der Waals surface area (Å²) in [7, 11) is 0. The molecule has 0 spiro atoms. The second-order valence-electron chi connectivity index (χ2n) is 5.46. The van der Waals surface area contributed by atoms with Crippen LogP contribution >= 0.6 is 0 Å². The van der Waals surface area contributed by atoms with Crippen molar-refractivity contribution in [1.82, 2.24) is 5.43 Å². The minimum atomic E-state index is 0.404. The molecule has 102 valence electrons. The maximum absolute atomic E-state index is 5.63. The Morgan fingerprint density at radius 1 is 1.11 bits per heavy atom. The van der Waals surface area contributed by atoms with Crippen LogP contribution in [0.1, 0.15) is 63.5 Å². The molecule has 0 heterocycles. The summed E-state index contributed by atoms with van der Waals surface area (Å²) < 4.78 is 0. The number of nitrogens with two attached hydrogens (primary N) is 1. The van der Waals surface area contributed by atoms with Crippen molar-refractivity contribution < 1.29 is 0 Å². The van der Waals surface area contributed by atoms with Gasteiger partial charge in [-0.1, -0.05) is 64.3 Å². The third kappa shape index (κ3) is 5.19. The summed E-state index contributed by atoms with van der Waals surface area (Å²) in [5.74, 6) is 6.23. The highest BCUT2D eigenvalue weighted by Crippen LogP contribution is 2.16. The van der Waals surface area contributed by atoms with Crippen LogP contribution in [-0.4, -0.2) is 6.04 Å². The molecule has 0 saturated heterocycles. The van der Waals surface area contributed by atoms with Gasteiger partial charge in [-0.2, -0.15) is 0 Å². The van der Waals surface area contributed by atoms with Gasteiger partial charge in [-0.3, -0.25) is 11.3 Å². The molecule has 0 amide bonds. The molecule has 0 aliphatic rings. The predicted octanol–water partition coefficient (Wildman–Crippen LogP) is 3.76. The first kappa shape index (κ1) is 15.2. The number of hydrazine groups is 1. The smallest absolute Gasteiger partial charge is 0.0250 e. The molecule has 2 heteroatoms. The van der Waals surface area contributed by atoms with Crippen LogP contribution in [0.15, 0.2) is 24.3 Å². The molecule has 1 aromatic rings. The van der Waals surface area contributed by atoms with Crippen LogP contribution in [0.5, 0.6) is 0 Å². The molecule has 1 aromatic carbocycles. The monoisotopic (exact) mass is 248 g/mol. The summed E-state index contributed by atoms with van der Waals surface area (Å²) in [6, 6.07) is 9.35. The number of benzene rings is 1. The van der Waals surface area contributed by atoms with E-state index in [-0.39, 0.29) is 0 Å². The maximum atomic E-state index is 5.63. The van der Waals surface area contributed by atoms with Gasteiger partial charge in [0.25, 0.3) is 0 Å². The summed E-state index contributed by atoms with van der Waals surface area (Å²) in [6.07, 6.45) is 6.01. The minimum absolute atomic E-state index is 0.404. The van der Waals surface area contributed by atoms with E-state index in [9.17, 15) is 0 Å². The number of rotatable bonds is 8. The molecule has 1 unspecified atom stereocenters. The van der Waals surface area contributed by atoms with E-state index in [1.807, 2.05) is 0 Å². The Morgan fingerprint density at radius 2 is 1.78 bits per heavy atom. The van der Waals surface area contributed by atoms with Crippen LogP contribution in [0.25, 0.3) is 0 Å². The summed E-state index contributed by atoms with van der Waals surface area (Å²) in [5.41, 5.74) is 5.73. The molecule has 3 N–H and O–H groups in total. The normalized spacial score (nSPS) is 12.9.